The van der Waals surface area contributed by atoms with Gasteiger partial charge in [-0.15, -0.1) is 0 Å². The average Bonchev–Trinajstić information content (AvgIpc) is 3.40. The van der Waals surface area contributed by atoms with Gasteiger partial charge in [0.25, 0.3) is 5.91 Å². The molecule has 4 rings (SSSR count). The number of sulfonamides is 1. The molecule has 0 aliphatic carbocycles. The molecule has 0 unspecified atom stereocenters. The Morgan fingerprint density at radius 1 is 0.935 bits per heavy atom. The Hall–Kier alpha value is -3.10. The molecule has 1 saturated heterocycles. The Kier molecular flexibility index (Phi) is 5.60. The molecule has 0 atom stereocenters. The minimum Gasteiger partial charge on any atom is -0.506 e. The number of phenols is 1. The van der Waals surface area contributed by atoms with Crippen molar-refractivity contribution in [3.63, 3.8) is 0 Å². The molecular weight excluding hydrogens is 414 g/mol. The molecule has 0 saturated carbocycles. The highest BCUT2D eigenvalue weighted by atomic mass is 32.2. The fourth-order valence-electron chi connectivity index (χ4n) is 3.89. The first kappa shape index (κ1) is 21.1. The number of hydrogen-bond donors (Lipinski definition) is 2. The summed E-state index contributed by atoms with van der Waals surface area (Å²) in [5.41, 5.74) is 3.59. The van der Waals surface area contributed by atoms with E-state index in [9.17, 15) is 18.3 Å². The number of aryl methyl sites for hydroxylation is 2. The van der Waals surface area contributed by atoms with E-state index in [0.717, 1.165) is 29.9 Å². The highest BCUT2D eigenvalue weighted by molar-refractivity contribution is 7.89. The maximum absolute atomic E-state index is 12.8. The summed E-state index contributed by atoms with van der Waals surface area (Å²) in [7, 11) is -3.65. The third-order valence-electron chi connectivity index (χ3n) is 5.58. The van der Waals surface area contributed by atoms with Crippen LogP contribution in [0.15, 0.2) is 59.5 Å². The fraction of sp³-hybridized carbons (Fsp3) is 0.261. The lowest BCUT2D eigenvalue weighted by molar-refractivity contribution is 0.102. The number of nitrogens with zero attached hydrogens (tertiary/aromatic N) is 2. The Labute approximate surface area is 182 Å². The molecule has 31 heavy (non-hydrogen) atoms. The number of amides is 1. The van der Waals surface area contributed by atoms with E-state index in [1.54, 1.807) is 12.1 Å². The number of carbonyl (C=O) groups excluding carboxylic acids is 1. The van der Waals surface area contributed by atoms with Crippen molar-refractivity contribution < 1.29 is 18.3 Å². The molecule has 1 amide bonds. The van der Waals surface area contributed by atoms with Gasteiger partial charge in [0.2, 0.25) is 10.0 Å². The van der Waals surface area contributed by atoms with Crippen molar-refractivity contribution in [2.75, 3.05) is 18.4 Å². The van der Waals surface area contributed by atoms with E-state index in [-0.39, 0.29) is 16.3 Å². The summed E-state index contributed by atoms with van der Waals surface area (Å²) in [6, 6.07) is 15.1. The molecule has 1 aromatic heterocycles. The van der Waals surface area contributed by atoms with Crippen molar-refractivity contribution in [3.05, 3.63) is 71.5 Å². The monoisotopic (exact) mass is 439 g/mol. The Bertz CT molecular complexity index is 1200. The van der Waals surface area contributed by atoms with Crippen LogP contribution in [0.1, 0.15) is 34.6 Å². The molecule has 0 bridgehead atoms. The standard InChI is InChI=1S/C23H25N3O4S/c1-16-5-6-17(2)26(16)19-9-7-18(8-10-19)23(28)24-21-15-20(11-12-22(21)27)31(29,30)25-13-3-4-14-25/h5-12,15,27H,3-4,13-14H2,1-2H3,(H,24,28). The summed E-state index contributed by atoms with van der Waals surface area (Å²) in [6.07, 6.45) is 1.66. The average molecular weight is 440 g/mol. The zero-order valence-electron chi connectivity index (χ0n) is 17.5. The fourth-order valence-corrected chi connectivity index (χ4v) is 5.43. The number of rotatable bonds is 5. The van der Waals surface area contributed by atoms with E-state index < -0.39 is 15.9 Å². The van der Waals surface area contributed by atoms with Gasteiger partial charge in [0.1, 0.15) is 5.75 Å². The van der Waals surface area contributed by atoms with Gasteiger partial charge < -0.3 is 15.0 Å². The van der Waals surface area contributed by atoms with Gasteiger partial charge in [-0.2, -0.15) is 4.31 Å². The van der Waals surface area contributed by atoms with Crippen molar-refractivity contribution in [3.8, 4) is 11.4 Å². The molecule has 1 aliphatic heterocycles. The number of aromatic hydroxyl groups is 1. The van der Waals surface area contributed by atoms with Crippen LogP contribution in [0.3, 0.4) is 0 Å². The SMILES string of the molecule is Cc1ccc(C)n1-c1ccc(C(=O)Nc2cc(S(=O)(=O)N3CCCC3)ccc2O)cc1. The van der Waals surface area contributed by atoms with E-state index in [1.807, 2.05) is 38.1 Å². The third kappa shape index (κ3) is 4.08. The number of phenolic OH excluding ortho intramolecular Hbond substituents is 1. The molecule has 7 nitrogen and oxygen atoms in total. The highest BCUT2D eigenvalue weighted by Gasteiger charge is 2.28. The first-order valence-electron chi connectivity index (χ1n) is 10.2. The lowest BCUT2D eigenvalue weighted by atomic mass is 10.1. The predicted octanol–water partition coefficient (Wildman–Crippen LogP) is 3.84. The topological polar surface area (TPSA) is 91.6 Å². The van der Waals surface area contributed by atoms with Crippen LogP contribution < -0.4 is 5.32 Å². The van der Waals surface area contributed by atoms with Gasteiger partial charge in [-0.25, -0.2) is 8.42 Å². The molecule has 2 heterocycles. The van der Waals surface area contributed by atoms with Crippen LogP contribution in [0, 0.1) is 13.8 Å². The zero-order chi connectivity index (χ0) is 22.2. The van der Waals surface area contributed by atoms with Crippen LogP contribution in [0.5, 0.6) is 5.75 Å². The lowest BCUT2D eigenvalue weighted by Gasteiger charge is -2.17. The first-order chi connectivity index (χ1) is 14.8. The summed E-state index contributed by atoms with van der Waals surface area (Å²) in [4.78, 5) is 12.8. The molecular formula is C23H25N3O4S. The van der Waals surface area contributed by atoms with E-state index in [2.05, 4.69) is 9.88 Å². The van der Waals surface area contributed by atoms with Crippen molar-refractivity contribution >= 4 is 21.6 Å². The van der Waals surface area contributed by atoms with Crippen molar-refractivity contribution in [2.45, 2.75) is 31.6 Å². The number of benzene rings is 2. The molecule has 3 aromatic rings. The molecule has 1 fully saturated rings. The van der Waals surface area contributed by atoms with Gasteiger partial charge in [-0.1, -0.05) is 0 Å². The van der Waals surface area contributed by atoms with Crippen LogP contribution in [-0.4, -0.2) is 41.4 Å². The third-order valence-corrected chi connectivity index (χ3v) is 7.47. The largest absolute Gasteiger partial charge is 0.506 e. The van der Waals surface area contributed by atoms with Crippen molar-refractivity contribution in [1.82, 2.24) is 8.87 Å². The molecule has 8 heteroatoms. The second-order valence-electron chi connectivity index (χ2n) is 7.74. The molecule has 0 spiro atoms. The van der Waals surface area contributed by atoms with Crippen molar-refractivity contribution in [1.29, 1.82) is 0 Å². The molecule has 1 aliphatic rings. The van der Waals surface area contributed by atoms with Crippen LogP contribution >= 0.6 is 0 Å². The summed E-state index contributed by atoms with van der Waals surface area (Å²) >= 11 is 0. The second-order valence-corrected chi connectivity index (χ2v) is 9.68. The number of aromatic nitrogens is 1. The number of nitrogens with one attached hydrogen (secondary N) is 1. The van der Waals surface area contributed by atoms with E-state index in [1.165, 1.54) is 22.5 Å². The van der Waals surface area contributed by atoms with Gasteiger partial charge in [0.05, 0.1) is 10.6 Å². The van der Waals surface area contributed by atoms with E-state index in [0.29, 0.717) is 18.7 Å². The molecule has 2 N–H and O–H groups in total. The van der Waals surface area contributed by atoms with Crippen LogP contribution in [0.25, 0.3) is 5.69 Å². The van der Waals surface area contributed by atoms with Crippen LogP contribution in [-0.2, 0) is 10.0 Å². The smallest absolute Gasteiger partial charge is 0.255 e. The number of hydrogen-bond acceptors (Lipinski definition) is 4. The number of carbonyl (C=O) groups is 1. The maximum Gasteiger partial charge on any atom is 0.255 e. The minimum absolute atomic E-state index is 0.0522. The Balaban J connectivity index is 1.56. The van der Waals surface area contributed by atoms with E-state index >= 15 is 0 Å². The van der Waals surface area contributed by atoms with Gasteiger partial charge in [-0.3, -0.25) is 4.79 Å². The van der Waals surface area contributed by atoms with Crippen molar-refractivity contribution in [2.24, 2.45) is 0 Å². The normalized spacial score (nSPS) is 14.6. The van der Waals surface area contributed by atoms with Gasteiger partial charge in [0.15, 0.2) is 0 Å². The molecule has 162 valence electrons. The lowest BCUT2D eigenvalue weighted by Crippen LogP contribution is -2.28. The van der Waals surface area contributed by atoms with Crippen LogP contribution in [0.4, 0.5) is 5.69 Å². The Morgan fingerprint density at radius 3 is 2.16 bits per heavy atom. The second kappa shape index (κ2) is 8.20. The minimum atomic E-state index is -3.65. The summed E-state index contributed by atoms with van der Waals surface area (Å²) in [6.45, 7) is 4.99. The number of anilines is 1. The summed E-state index contributed by atoms with van der Waals surface area (Å²) in [5.74, 6) is -0.623. The molecule has 0 radical (unpaired) electrons. The van der Waals surface area contributed by atoms with Gasteiger partial charge in [0, 0.05) is 35.7 Å². The van der Waals surface area contributed by atoms with E-state index in [4.69, 9.17) is 0 Å². The molecule has 2 aromatic carbocycles. The van der Waals surface area contributed by atoms with Crippen LogP contribution in [0.2, 0.25) is 0 Å². The summed E-state index contributed by atoms with van der Waals surface area (Å²) in [5, 5.41) is 12.8. The first-order valence-corrected chi connectivity index (χ1v) is 11.6. The maximum atomic E-state index is 12.8. The Morgan fingerprint density at radius 2 is 1.55 bits per heavy atom. The zero-order valence-corrected chi connectivity index (χ0v) is 18.3. The van der Waals surface area contributed by atoms with Gasteiger partial charge >= 0.3 is 0 Å². The quantitative estimate of drug-likeness (QED) is 0.591. The predicted molar refractivity (Wildman–Crippen MR) is 119 cm³/mol. The van der Waals surface area contributed by atoms with Gasteiger partial charge in [-0.05, 0) is 81.3 Å². The summed E-state index contributed by atoms with van der Waals surface area (Å²) < 4.78 is 29.1. The highest BCUT2D eigenvalue weighted by Crippen LogP contribution is 2.30.